The summed E-state index contributed by atoms with van der Waals surface area (Å²) in [6.45, 7) is 0.442. The van der Waals surface area contributed by atoms with E-state index in [-0.39, 0.29) is 5.91 Å². The zero-order chi connectivity index (χ0) is 11.1. The van der Waals surface area contributed by atoms with Crippen LogP contribution in [0.3, 0.4) is 0 Å². The van der Waals surface area contributed by atoms with E-state index in [0.717, 1.165) is 0 Å². The highest BCUT2D eigenvalue weighted by Crippen LogP contribution is 2.02. The number of hydrogen-bond donors (Lipinski definition) is 0. The Morgan fingerprint density at radius 2 is 2.53 bits per heavy atom. The average molecular weight is 204 g/mol. The van der Waals surface area contributed by atoms with E-state index >= 15 is 0 Å². The van der Waals surface area contributed by atoms with Crippen LogP contribution in [0.1, 0.15) is 12.2 Å². The van der Waals surface area contributed by atoms with Gasteiger partial charge in [0, 0.05) is 19.7 Å². The van der Waals surface area contributed by atoms with E-state index in [1.165, 1.54) is 11.0 Å². The maximum Gasteiger partial charge on any atom is 0.246 e. The molecular formula is C11H12N2O2. The van der Waals surface area contributed by atoms with Gasteiger partial charge in [-0.15, -0.1) is 0 Å². The van der Waals surface area contributed by atoms with Gasteiger partial charge in [0.25, 0.3) is 0 Å². The molecule has 0 atom stereocenters. The third kappa shape index (κ3) is 3.69. The van der Waals surface area contributed by atoms with E-state index in [1.807, 2.05) is 6.07 Å². The Morgan fingerprint density at radius 3 is 3.13 bits per heavy atom. The second-order valence-corrected chi connectivity index (χ2v) is 3.02. The van der Waals surface area contributed by atoms with Gasteiger partial charge in [0.05, 0.1) is 18.8 Å². The number of amides is 1. The summed E-state index contributed by atoms with van der Waals surface area (Å²) in [4.78, 5) is 12.9. The Labute approximate surface area is 88.4 Å². The maximum atomic E-state index is 11.4. The first-order chi connectivity index (χ1) is 7.24. The van der Waals surface area contributed by atoms with Crippen LogP contribution in [0.4, 0.5) is 0 Å². The highest BCUT2D eigenvalue weighted by Gasteiger charge is 2.03. The lowest BCUT2D eigenvalue weighted by molar-refractivity contribution is -0.124. The van der Waals surface area contributed by atoms with Crippen molar-refractivity contribution in [3.63, 3.8) is 0 Å². The molecule has 1 aromatic rings. The Bertz CT molecular complexity index is 374. The SMILES string of the molecule is CN(CCC#N)C(=O)C=Cc1ccco1. The van der Waals surface area contributed by atoms with Gasteiger partial charge in [-0.1, -0.05) is 0 Å². The minimum Gasteiger partial charge on any atom is -0.465 e. The molecule has 1 aromatic heterocycles. The second-order valence-electron chi connectivity index (χ2n) is 3.02. The molecule has 0 saturated carbocycles. The van der Waals surface area contributed by atoms with Crippen LogP contribution in [0.2, 0.25) is 0 Å². The fourth-order valence-electron chi connectivity index (χ4n) is 0.995. The number of likely N-dealkylation sites (N-methyl/N-ethyl adjacent to an activating group) is 1. The van der Waals surface area contributed by atoms with Crippen molar-refractivity contribution >= 4 is 12.0 Å². The molecule has 0 N–H and O–H groups in total. The van der Waals surface area contributed by atoms with Crippen LogP contribution in [0.5, 0.6) is 0 Å². The largest absolute Gasteiger partial charge is 0.465 e. The molecule has 0 aliphatic rings. The zero-order valence-electron chi connectivity index (χ0n) is 8.51. The summed E-state index contributed by atoms with van der Waals surface area (Å²) < 4.78 is 5.03. The summed E-state index contributed by atoms with van der Waals surface area (Å²) in [5.41, 5.74) is 0. The number of nitrogens with zero attached hydrogens (tertiary/aromatic N) is 2. The predicted molar refractivity (Wildman–Crippen MR) is 55.6 cm³/mol. The van der Waals surface area contributed by atoms with Gasteiger partial charge < -0.3 is 9.32 Å². The molecule has 0 aliphatic heterocycles. The molecule has 0 radical (unpaired) electrons. The minimum atomic E-state index is -0.137. The fourth-order valence-corrected chi connectivity index (χ4v) is 0.995. The molecular weight excluding hydrogens is 192 g/mol. The number of rotatable bonds is 4. The van der Waals surface area contributed by atoms with Gasteiger partial charge in [-0.25, -0.2) is 0 Å². The Hall–Kier alpha value is -2.02. The van der Waals surface area contributed by atoms with Gasteiger partial charge in [-0.2, -0.15) is 5.26 Å². The molecule has 15 heavy (non-hydrogen) atoms. The fraction of sp³-hybridized carbons (Fsp3) is 0.273. The Kier molecular flexibility index (Phi) is 4.17. The van der Waals surface area contributed by atoms with Crippen molar-refractivity contribution in [1.82, 2.24) is 4.90 Å². The van der Waals surface area contributed by atoms with E-state index in [9.17, 15) is 4.79 Å². The molecule has 1 amide bonds. The first-order valence-electron chi connectivity index (χ1n) is 4.57. The molecule has 78 valence electrons. The van der Waals surface area contributed by atoms with Crippen LogP contribution in [-0.4, -0.2) is 24.4 Å². The quantitative estimate of drug-likeness (QED) is 0.701. The summed E-state index contributed by atoms with van der Waals surface area (Å²) in [5.74, 6) is 0.499. The van der Waals surface area contributed by atoms with Crippen molar-refractivity contribution in [3.05, 3.63) is 30.2 Å². The van der Waals surface area contributed by atoms with Crippen LogP contribution >= 0.6 is 0 Å². The van der Waals surface area contributed by atoms with Gasteiger partial charge in [0.15, 0.2) is 0 Å². The maximum absolute atomic E-state index is 11.4. The standard InChI is InChI=1S/C11H12N2O2/c1-13(8-3-7-12)11(14)6-5-10-4-2-9-15-10/h2,4-6,9H,3,8H2,1H3. The van der Waals surface area contributed by atoms with Gasteiger partial charge >= 0.3 is 0 Å². The van der Waals surface area contributed by atoms with Crippen molar-refractivity contribution < 1.29 is 9.21 Å². The van der Waals surface area contributed by atoms with E-state index in [4.69, 9.17) is 9.68 Å². The summed E-state index contributed by atoms with van der Waals surface area (Å²) >= 11 is 0. The molecule has 0 aromatic carbocycles. The normalized spacial score (nSPS) is 10.1. The third-order valence-electron chi connectivity index (χ3n) is 1.87. The summed E-state index contributed by atoms with van der Waals surface area (Å²) in [6, 6.07) is 5.50. The summed E-state index contributed by atoms with van der Waals surface area (Å²) in [5, 5.41) is 8.36. The average Bonchev–Trinajstić information content (AvgIpc) is 2.75. The number of carbonyl (C=O) groups excluding carboxylic acids is 1. The molecule has 0 saturated heterocycles. The second kappa shape index (κ2) is 5.66. The third-order valence-corrected chi connectivity index (χ3v) is 1.87. The molecule has 0 aliphatic carbocycles. The summed E-state index contributed by atoms with van der Waals surface area (Å²) in [6.07, 6.45) is 4.92. The highest BCUT2D eigenvalue weighted by atomic mass is 16.3. The Morgan fingerprint density at radius 1 is 1.73 bits per heavy atom. The van der Waals surface area contributed by atoms with Crippen molar-refractivity contribution in [2.45, 2.75) is 6.42 Å². The lowest BCUT2D eigenvalue weighted by Gasteiger charge is -2.11. The predicted octanol–water partition coefficient (Wildman–Crippen LogP) is 1.66. The van der Waals surface area contributed by atoms with Crippen molar-refractivity contribution in [1.29, 1.82) is 5.26 Å². The van der Waals surface area contributed by atoms with Gasteiger partial charge in [-0.05, 0) is 18.2 Å². The molecule has 1 heterocycles. The number of nitriles is 1. The van der Waals surface area contributed by atoms with Gasteiger partial charge in [0.1, 0.15) is 5.76 Å². The molecule has 0 unspecified atom stereocenters. The molecule has 4 nitrogen and oxygen atoms in total. The lowest BCUT2D eigenvalue weighted by Crippen LogP contribution is -2.25. The van der Waals surface area contributed by atoms with Crippen molar-refractivity contribution in [2.24, 2.45) is 0 Å². The molecule has 4 heteroatoms. The lowest BCUT2D eigenvalue weighted by atomic mass is 10.3. The molecule has 0 spiro atoms. The topological polar surface area (TPSA) is 57.2 Å². The number of hydrogen-bond acceptors (Lipinski definition) is 3. The van der Waals surface area contributed by atoms with Crippen molar-refractivity contribution in [3.8, 4) is 6.07 Å². The van der Waals surface area contributed by atoms with Gasteiger partial charge in [-0.3, -0.25) is 4.79 Å². The Balaban J connectivity index is 2.45. The van der Waals surface area contributed by atoms with Crippen LogP contribution < -0.4 is 0 Å². The van der Waals surface area contributed by atoms with Crippen LogP contribution in [-0.2, 0) is 4.79 Å². The highest BCUT2D eigenvalue weighted by molar-refractivity contribution is 5.91. The van der Waals surface area contributed by atoms with E-state index in [0.29, 0.717) is 18.7 Å². The van der Waals surface area contributed by atoms with E-state index in [1.54, 1.807) is 31.5 Å². The number of carbonyl (C=O) groups is 1. The summed E-state index contributed by atoms with van der Waals surface area (Å²) in [7, 11) is 1.66. The number of furan rings is 1. The van der Waals surface area contributed by atoms with Crippen LogP contribution in [0.15, 0.2) is 28.9 Å². The minimum absolute atomic E-state index is 0.137. The smallest absolute Gasteiger partial charge is 0.246 e. The van der Waals surface area contributed by atoms with Crippen LogP contribution in [0.25, 0.3) is 6.08 Å². The van der Waals surface area contributed by atoms with Gasteiger partial charge in [0.2, 0.25) is 5.91 Å². The first kappa shape index (κ1) is 11.1. The molecule has 1 rings (SSSR count). The monoisotopic (exact) mass is 204 g/mol. The van der Waals surface area contributed by atoms with E-state index in [2.05, 4.69) is 0 Å². The van der Waals surface area contributed by atoms with E-state index < -0.39 is 0 Å². The zero-order valence-corrected chi connectivity index (χ0v) is 8.51. The van der Waals surface area contributed by atoms with Crippen LogP contribution in [0, 0.1) is 11.3 Å². The first-order valence-corrected chi connectivity index (χ1v) is 4.57. The molecule has 0 fully saturated rings. The van der Waals surface area contributed by atoms with Crippen molar-refractivity contribution in [2.75, 3.05) is 13.6 Å². The molecule has 0 bridgehead atoms.